The highest BCUT2D eigenvalue weighted by atomic mass is 16.5. The third-order valence-electron chi connectivity index (χ3n) is 4.15. The number of benzene rings is 2. The Labute approximate surface area is 152 Å². The summed E-state index contributed by atoms with van der Waals surface area (Å²) in [6.07, 6.45) is 1.64. The highest BCUT2D eigenvalue weighted by molar-refractivity contribution is 5.95. The molecule has 0 unspecified atom stereocenters. The van der Waals surface area contributed by atoms with Crippen molar-refractivity contribution in [3.8, 4) is 28.5 Å². The van der Waals surface area contributed by atoms with Crippen molar-refractivity contribution >= 4 is 10.9 Å². The van der Waals surface area contributed by atoms with Crippen molar-refractivity contribution in [2.45, 2.75) is 6.92 Å². The van der Waals surface area contributed by atoms with Crippen LogP contribution in [0.1, 0.15) is 5.69 Å². The van der Waals surface area contributed by atoms with Crippen LogP contribution in [0, 0.1) is 6.92 Å². The van der Waals surface area contributed by atoms with Crippen molar-refractivity contribution in [1.29, 1.82) is 0 Å². The van der Waals surface area contributed by atoms with Crippen LogP contribution < -0.4 is 9.47 Å². The molecule has 128 valence electrons. The van der Waals surface area contributed by atoms with E-state index in [9.17, 15) is 0 Å². The normalized spacial score (nSPS) is 10.7. The maximum atomic E-state index is 5.91. The number of rotatable bonds is 4. The van der Waals surface area contributed by atoms with Gasteiger partial charge in [0.2, 0.25) is 5.88 Å². The van der Waals surface area contributed by atoms with E-state index >= 15 is 0 Å². The Kier molecular flexibility index (Phi) is 4.23. The van der Waals surface area contributed by atoms with Gasteiger partial charge in [0.15, 0.2) is 0 Å². The van der Waals surface area contributed by atoms with Crippen molar-refractivity contribution in [3.05, 3.63) is 78.6 Å². The summed E-state index contributed by atoms with van der Waals surface area (Å²) in [5, 5.41) is 1.10. The van der Waals surface area contributed by atoms with Gasteiger partial charge in [-0.15, -0.1) is 0 Å². The minimum Gasteiger partial charge on any atom is -0.481 e. The molecule has 2 aromatic carbocycles. The number of fused-ring (bicyclic) bond motifs is 1. The van der Waals surface area contributed by atoms with Gasteiger partial charge in [0.1, 0.15) is 11.5 Å². The van der Waals surface area contributed by atoms with Gasteiger partial charge in [-0.05, 0) is 42.3 Å². The standard InChI is InChI=1S/C22H18N2O2/c1-15-12-20(16-6-4-3-5-7-16)19-10-8-17(13-21(19)24-15)26-18-9-11-22(25-2)23-14-18/h3-14H,1-2H3. The van der Waals surface area contributed by atoms with Crippen LogP contribution in [0.3, 0.4) is 0 Å². The first kappa shape index (κ1) is 16.1. The largest absolute Gasteiger partial charge is 0.481 e. The Hall–Kier alpha value is -3.40. The number of methoxy groups -OCH3 is 1. The lowest BCUT2D eigenvalue weighted by Crippen LogP contribution is -1.91. The van der Waals surface area contributed by atoms with E-state index in [2.05, 4.69) is 34.2 Å². The van der Waals surface area contributed by atoms with Crippen molar-refractivity contribution in [1.82, 2.24) is 9.97 Å². The van der Waals surface area contributed by atoms with Gasteiger partial charge in [0.25, 0.3) is 0 Å². The molecular formula is C22H18N2O2. The van der Waals surface area contributed by atoms with Crippen molar-refractivity contribution in [2.24, 2.45) is 0 Å². The highest BCUT2D eigenvalue weighted by Gasteiger charge is 2.08. The van der Waals surface area contributed by atoms with E-state index in [1.807, 2.05) is 43.3 Å². The summed E-state index contributed by atoms with van der Waals surface area (Å²) in [4.78, 5) is 8.84. The third-order valence-corrected chi connectivity index (χ3v) is 4.15. The van der Waals surface area contributed by atoms with E-state index in [4.69, 9.17) is 9.47 Å². The lowest BCUT2D eigenvalue weighted by molar-refractivity contribution is 0.395. The van der Waals surface area contributed by atoms with E-state index < -0.39 is 0 Å². The molecule has 0 atom stereocenters. The Morgan fingerprint density at radius 2 is 1.65 bits per heavy atom. The predicted octanol–water partition coefficient (Wildman–Crippen LogP) is 5.41. The zero-order chi connectivity index (χ0) is 17.9. The second-order valence-corrected chi connectivity index (χ2v) is 5.99. The monoisotopic (exact) mass is 342 g/mol. The summed E-state index contributed by atoms with van der Waals surface area (Å²) in [6, 6.07) is 22.0. The summed E-state index contributed by atoms with van der Waals surface area (Å²) < 4.78 is 11.0. The number of aryl methyl sites for hydroxylation is 1. The van der Waals surface area contributed by atoms with Crippen molar-refractivity contribution in [2.75, 3.05) is 7.11 Å². The summed E-state index contributed by atoms with van der Waals surface area (Å²) in [5.74, 6) is 1.93. The maximum Gasteiger partial charge on any atom is 0.213 e. The van der Waals surface area contributed by atoms with Crippen LogP contribution in [-0.4, -0.2) is 17.1 Å². The Morgan fingerprint density at radius 1 is 0.846 bits per heavy atom. The van der Waals surface area contributed by atoms with E-state index in [-0.39, 0.29) is 0 Å². The number of hydrogen-bond acceptors (Lipinski definition) is 4. The Morgan fingerprint density at radius 3 is 2.38 bits per heavy atom. The first-order valence-corrected chi connectivity index (χ1v) is 8.38. The smallest absolute Gasteiger partial charge is 0.213 e. The van der Waals surface area contributed by atoms with Crippen LogP contribution in [0.2, 0.25) is 0 Å². The average molecular weight is 342 g/mol. The van der Waals surface area contributed by atoms with Crippen molar-refractivity contribution in [3.63, 3.8) is 0 Å². The Bertz CT molecular complexity index is 1040. The van der Waals surface area contributed by atoms with Crippen LogP contribution in [0.15, 0.2) is 72.9 Å². The predicted molar refractivity (Wildman–Crippen MR) is 103 cm³/mol. The van der Waals surface area contributed by atoms with Gasteiger partial charge in [0, 0.05) is 23.2 Å². The molecule has 0 spiro atoms. The molecule has 0 bridgehead atoms. The first-order chi connectivity index (χ1) is 12.7. The zero-order valence-electron chi connectivity index (χ0n) is 14.6. The number of ether oxygens (including phenoxy) is 2. The van der Waals surface area contributed by atoms with Gasteiger partial charge in [-0.1, -0.05) is 30.3 Å². The fourth-order valence-electron chi connectivity index (χ4n) is 2.94. The second-order valence-electron chi connectivity index (χ2n) is 5.99. The number of aromatic nitrogens is 2. The molecule has 26 heavy (non-hydrogen) atoms. The van der Waals surface area contributed by atoms with Gasteiger partial charge < -0.3 is 9.47 Å². The molecule has 0 amide bonds. The summed E-state index contributed by atoms with van der Waals surface area (Å²) in [7, 11) is 1.59. The van der Waals surface area contributed by atoms with Crippen LogP contribution in [0.25, 0.3) is 22.0 Å². The van der Waals surface area contributed by atoms with Gasteiger partial charge in [0.05, 0.1) is 18.8 Å². The zero-order valence-corrected chi connectivity index (χ0v) is 14.6. The average Bonchev–Trinajstić information content (AvgIpc) is 2.68. The van der Waals surface area contributed by atoms with E-state index in [0.717, 1.165) is 22.3 Å². The molecular weight excluding hydrogens is 324 g/mol. The summed E-state index contributed by atoms with van der Waals surface area (Å²) >= 11 is 0. The highest BCUT2D eigenvalue weighted by Crippen LogP contribution is 2.32. The molecule has 0 fully saturated rings. The molecule has 4 heteroatoms. The van der Waals surface area contributed by atoms with Crippen LogP contribution in [0.4, 0.5) is 0 Å². The van der Waals surface area contributed by atoms with Crippen LogP contribution in [-0.2, 0) is 0 Å². The minimum absolute atomic E-state index is 0.556. The lowest BCUT2D eigenvalue weighted by Gasteiger charge is -2.11. The van der Waals surface area contributed by atoms with Gasteiger partial charge in [-0.2, -0.15) is 0 Å². The SMILES string of the molecule is COc1ccc(Oc2ccc3c(-c4ccccc4)cc(C)nc3c2)cn1. The minimum atomic E-state index is 0.556. The molecule has 0 aliphatic rings. The van der Waals surface area contributed by atoms with Crippen LogP contribution in [0.5, 0.6) is 17.4 Å². The maximum absolute atomic E-state index is 5.91. The van der Waals surface area contributed by atoms with E-state index in [1.165, 1.54) is 11.1 Å². The number of nitrogens with zero attached hydrogens (tertiary/aromatic N) is 2. The van der Waals surface area contributed by atoms with Crippen LogP contribution >= 0.6 is 0 Å². The number of pyridine rings is 2. The molecule has 2 aromatic heterocycles. The lowest BCUT2D eigenvalue weighted by atomic mass is 10.0. The molecule has 0 saturated carbocycles. The molecule has 4 nitrogen and oxygen atoms in total. The van der Waals surface area contributed by atoms with E-state index in [0.29, 0.717) is 11.6 Å². The summed E-state index contributed by atoms with van der Waals surface area (Å²) in [5.41, 5.74) is 4.23. The quantitative estimate of drug-likeness (QED) is 0.498. The molecule has 0 aliphatic heterocycles. The summed E-state index contributed by atoms with van der Waals surface area (Å²) in [6.45, 7) is 2.01. The fourth-order valence-corrected chi connectivity index (χ4v) is 2.94. The molecule has 4 aromatic rings. The molecule has 0 radical (unpaired) electrons. The fraction of sp³-hybridized carbons (Fsp3) is 0.0909. The molecule has 4 rings (SSSR count). The van der Waals surface area contributed by atoms with Gasteiger partial charge in [-0.25, -0.2) is 4.98 Å². The molecule has 0 aliphatic carbocycles. The third kappa shape index (κ3) is 3.22. The van der Waals surface area contributed by atoms with Crippen molar-refractivity contribution < 1.29 is 9.47 Å². The van der Waals surface area contributed by atoms with Gasteiger partial charge >= 0.3 is 0 Å². The topological polar surface area (TPSA) is 44.2 Å². The van der Waals surface area contributed by atoms with Gasteiger partial charge in [-0.3, -0.25) is 4.98 Å². The second kappa shape index (κ2) is 6.84. The molecule has 2 heterocycles. The first-order valence-electron chi connectivity index (χ1n) is 8.38. The molecule has 0 saturated heterocycles. The Balaban J connectivity index is 1.73. The van der Waals surface area contributed by atoms with E-state index in [1.54, 1.807) is 19.4 Å². The molecule has 0 N–H and O–H groups in total. The number of hydrogen-bond donors (Lipinski definition) is 0.